The Bertz CT molecular complexity index is 854. The number of ketones is 1. The predicted octanol–water partition coefficient (Wildman–Crippen LogP) is 4.06. The SMILES string of the molecule is N#CC(C1=NC(=O)CS1)C(CC(=O)c1cccs1)c1ccc(F)cc1. The molecule has 126 valence electrons. The third kappa shape index (κ3) is 4.03. The summed E-state index contributed by atoms with van der Waals surface area (Å²) in [5.74, 6) is -1.74. The molecule has 0 saturated heterocycles. The van der Waals surface area contributed by atoms with Gasteiger partial charge in [-0.2, -0.15) is 5.26 Å². The maximum absolute atomic E-state index is 13.3. The van der Waals surface area contributed by atoms with Crippen molar-refractivity contribution in [3.63, 3.8) is 0 Å². The number of rotatable bonds is 6. The second kappa shape index (κ2) is 7.72. The molecule has 0 aliphatic carbocycles. The molecule has 1 aromatic heterocycles. The minimum Gasteiger partial charge on any atom is -0.293 e. The maximum Gasteiger partial charge on any atom is 0.256 e. The second-order valence-corrected chi connectivity index (χ2v) is 7.45. The second-order valence-electron chi connectivity index (χ2n) is 5.50. The van der Waals surface area contributed by atoms with Gasteiger partial charge in [0.25, 0.3) is 5.91 Å². The molecule has 2 unspecified atom stereocenters. The first-order valence-electron chi connectivity index (χ1n) is 7.54. The van der Waals surface area contributed by atoms with Crippen LogP contribution in [-0.2, 0) is 4.79 Å². The van der Waals surface area contributed by atoms with E-state index in [4.69, 9.17) is 0 Å². The van der Waals surface area contributed by atoms with Crippen LogP contribution in [0.1, 0.15) is 27.6 Å². The van der Waals surface area contributed by atoms with E-state index >= 15 is 0 Å². The lowest BCUT2D eigenvalue weighted by molar-refractivity contribution is -0.115. The van der Waals surface area contributed by atoms with Gasteiger partial charge in [0.2, 0.25) is 0 Å². The Balaban J connectivity index is 1.94. The first kappa shape index (κ1) is 17.5. The van der Waals surface area contributed by atoms with Crippen LogP contribution in [0.15, 0.2) is 46.8 Å². The molecule has 0 bridgehead atoms. The van der Waals surface area contributed by atoms with E-state index in [0.29, 0.717) is 15.5 Å². The molecule has 1 aliphatic rings. The van der Waals surface area contributed by atoms with Crippen LogP contribution in [0.5, 0.6) is 0 Å². The van der Waals surface area contributed by atoms with E-state index in [1.807, 2.05) is 5.38 Å². The van der Waals surface area contributed by atoms with Crippen LogP contribution in [0.3, 0.4) is 0 Å². The zero-order valence-electron chi connectivity index (χ0n) is 13.0. The van der Waals surface area contributed by atoms with Crippen LogP contribution >= 0.6 is 23.1 Å². The van der Waals surface area contributed by atoms with E-state index < -0.39 is 11.8 Å². The Kier molecular flexibility index (Phi) is 5.41. The monoisotopic (exact) mass is 372 g/mol. The number of hydrogen-bond acceptors (Lipinski definition) is 5. The number of Topliss-reactive ketones (excluding diaryl/α,β-unsaturated/α-hetero) is 1. The van der Waals surface area contributed by atoms with Crippen molar-refractivity contribution in [1.29, 1.82) is 5.26 Å². The standard InChI is InChI=1S/C18H13FN2O2S2/c19-12-5-3-11(4-6-12)13(8-15(22)16-2-1-7-24-16)14(9-20)18-21-17(23)10-25-18/h1-7,13-14H,8,10H2. The number of carbonyl (C=O) groups excluding carboxylic acids is 2. The number of amides is 1. The zero-order chi connectivity index (χ0) is 17.8. The summed E-state index contributed by atoms with van der Waals surface area (Å²) in [5, 5.41) is 11.9. The van der Waals surface area contributed by atoms with Gasteiger partial charge in [-0.1, -0.05) is 30.0 Å². The summed E-state index contributed by atoms with van der Waals surface area (Å²) in [6.07, 6.45) is 0.0954. The van der Waals surface area contributed by atoms with Crippen LogP contribution in [0.2, 0.25) is 0 Å². The molecule has 4 nitrogen and oxygen atoms in total. The van der Waals surface area contributed by atoms with Gasteiger partial charge in [-0.15, -0.1) is 11.3 Å². The molecule has 2 atom stereocenters. The largest absolute Gasteiger partial charge is 0.293 e. The molecule has 7 heteroatoms. The highest BCUT2D eigenvalue weighted by atomic mass is 32.2. The Morgan fingerprint density at radius 3 is 2.64 bits per heavy atom. The lowest BCUT2D eigenvalue weighted by Crippen LogP contribution is -2.21. The van der Waals surface area contributed by atoms with Crippen LogP contribution < -0.4 is 0 Å². The number of thioether (sulfide) groups is 1. The van der Waals surface area contributed by atoms with Crippen molar-refractivity contribution in [2.75, 3.05) is 5.75 Å². The molecule has 3 rings (SSSR count). The molecule has 25 heavy (non-hydrogen) atoms. The summed E-state index contributed by atoms with van der Waals surface area (Å²) < 4.78 is 13.3. The number of nitriles is 1. The van der Waals surface area contributed by atoms with E-state index in [1.165, 1.54) is 35.2 Å². The molecule has 1 amide bonds. The molecule has 1 aromatic carbocycles. The normalized spacial score (nSPS) is 16.2. The van der Waals surface area contributed by atoms with Gasteiger partial charge in [-0.05, 0) is 29.1 Å². The Labute approximate surface area is 152 Å². The number of halogens is 1. The van der Waals surface area contributed by atoms with Crippen LogP contribution in [0, 0.1) is 23.1 Å². The van der Waals surface area contributed by atoms with E-state index in [9.17, 15) is 19.2 Å². The van der Waals surface area contributed by atoms with Crippen molar-refractivity contribution >= 4 is 39.8 Å². The number of thiophene rings is 1. The third-order valence-electron chi connectivity index (χ3n) is 3.89. The van der Waals surface area contributed by atoms with Gasteiger partial charge in [-0.3, -0.25) is 9.59 Å². The molecule has 0 radical (unpaired) electrons. The highest BCUT2D eigenvalue weighted by Crippen LogP contribution is 2.35. The van der Waals surface area contributed by atoms with Crippen molar-refractivity contribution in [2.45, 2.75) is 12.3 Å². The van der Waals surface area contributed by atoms with Crippen molar-refractivity contribution in [3.8, 4) is 6.07 Å². The van der Waals surface area contributed by atoms with Gasteiger partial charge in [0, 0.05) is 12.3 Å². The maximum atomic E-state index is 13.3. The number of hydrogen-bond donors (Lipinski definition) is 0. The molecule has 2 aromatic rings. The lowest BCUT2D eigenvalue weighted by Gasteiger charge is -2.21. The van der Waals surface area contributed by atoms with Gasteiger partial charge in [0.05, 0.1) is 21.7 Å². The van der Waals surface area contributed by atoms with Gasteiger partial charge in [0.15, 0.2) is 5.78 Å². The first-order valence-corrected chi connectivity index (χ1v) is 9.41. The topological polar surface area (TPSA) is 70.3 Å². The van der Waals surface area contributed by atoms with E-state index in [-0.39, 0.29) is 29.7 Å². The summed E-state index contributed by atoms with van der Waals surface area (Å²) in [7, 11) is 0. The van der Waals surface area contributed by atoms with Crippen LogP contribution in [0.4, 0.5) is 4.39 Å². The summed E-state index contributed by atoms with van der Waals surface area (Å²) in [6, 6.07) is 11.5. The summed E-state index contributed by atoms with van der Waals surface area (Å²) in [6.45, 7) is 0. The number of aliphatic imine (C=N–C) groups is 1. The third-order valence-corrected chi connectivity index (χ3v) is 5.83. The average Bonchev–Trinajstić information content (AvgIpc) is 3.27. The molecule has 2 heterocycles. The first-order chi connectivity index (χ1) is 12.1. The molecule has 1 aliphatic heterocycles. The Morgan fingerprint density at radius 1 is 1.32 bits per heavy atom. The molecular formula is C18H13FN2O2S2. The molecule has 0 spiro atoms. The minimum absolute atomic E-state index is 0.0838. The quantitative estimate of drug-likeness (QED) is 0.717. The van der Waals surface area contributed by atoms with E-state index in [0.717, 1.165) is 0 Å². The highest BCUT2D eigenvalue weighted by molar-refractivity contribution is 8.15. The van der Waals surface area contributed by atoms with Crippen LogP contribution in [-0.4, -0.2) is 22.5 Å². The Morgan fingerprint density at radius 2 is 2.08 bits per heavy atom. The lowest BCUT2D eigenvalue weighted by atomic mass is 9.83. The van der Waals surface area contributed by atoms with Gasteiger partial charge in [-0.25, -0.2) is 9.38 Å². The number of carbonyl (C=O) groups is 2. The molecular weight excluding hydrogens is 359 g/mol. The van der Waals surface area contributed by atoms with Gasteiger partial charge in [0.1, 0.15) is 11.7 Å². The minimum atomic E-state index is -0.717. The average molecular weight is 372 g/mol. The van der Waals surface area contributed by atoms with E-state index in [2.05, 4.69) is 11.1 Å². The highest BCUT2D eigenvalue weighted by Gasteiger charge is 2.33. The number of benzene rings is 1. The summed E-state index contributed by atoms with van der Waals surface area (Å²) >= 11 is 2.57. The van der Waals surface area contributed by atoms with Crippen molar-refractivity contribution < 1.29 is 14.0 Å². The Hall–Kier alpha value is -2.30. The zero-order valence-corrected chi connectivity index (χ0v) is 14.6. The summed E-state index contributed by atoms with van der Waals surface area (Å²) in [4.78, 5) is 28.6. The smallest absolute Gasteiger partial charge is 0.256 e. The fraction of sp³-hybridized carbons (Fsp3) is 0.222. The predicted molar refractivity (Wildman–Crippen MR) is 96.4 cm³/mol. The number of nitrogens with zero attached hydrogens (tertiary/aromatic N) is 2. The fourth-order valence-corrected chi connectivity index (χ4v) is 4.25. The molecule has 0 N–H and O–H groups in total. The van der Waals surface area contributed by atoms with Crippen molar-refractivity contribution in [1.82, 2.24) is 0 Å². The van der Waals surface area contributed by atoms with Crippen molar-refractivity contribution in [2.24, 2.45) is 10.9 Å². The van der Waals surface area contributed by atoms with Gasteiger partial charge < -0.3 is 0 Å². The summed E-state index contributed by atoms with van der Waals surface area (Å²) in [5.41, 5.74) is 0.681. The van der Waals surface area contributed by atoms with Gasteiger partial charge >= 0.3 is 0 Å². The molecule has 0 fully saturated rings. The van der Waals surface area contributed by atoms with Crippen LogP contribution in [0.25, 0.3) is 0 Å². The van der Waals surface area contributed by atoms with E-state index in [1.54, 1.807) is 24.3 Å². The fourth-order valence-electron chi connectivity index (χ4n) is 2.68. The molecule has 0 saturated carbocycles. The van der Waals surface area contributed by atoms with Crippen molar-refractivity contribution in [3.05, 3.63) is 58.0 Å².